The fraction of sp³-hybridized carbons (Fsp3) is 0. The van der Waals surface area contributed by atoms with E-state index in [2.05, 4.69) is 31.8 Å². The Morgan fingerprint density at radius 3 is 1.92 bits per heavy atom. The van der Waals surface area contributed by atoms with E-state index in [0.717, 1.165) is 10.0 Å². The number of hydrogen-bond donors (Lipinski definition) is 2. The SMILES string of the molecule is O=C(NNC(=O)c1ccc(-c2cnco2)cc1)c1ccc(Br)cc1. The van der Waals surface area contributed by atoms with Crippen LogP contribution in [-0.4, -0.2) is 16.8 Å². The Bertz CT molecular complexity index is 844. The van der Waals surface area contributed by atoms with Gasteiger partial charge in [0.25, 0.3) is 11.8 Å². The number of carbonyl (C=O) groups excluding carboxylic acids is 2. The molecule has 6 nitrogen and oxygen atoms in total. The third kappa shape index (κ3) is 3.69. The average Bonchev–Trinajstić information content (AvgIpc) is 3.15. The van der Waals surface area contributed by atoms with E-state index in [1.165, 1.54) is 6.39 Å². The van der Waals surface area contributed by atoms with Gasteiger partial charge in [-0.05, 0) is 36.4 Å². The van der Waals surface area contributed by atoms with Gasteiger partial charge >= 0.3 is 0 Å². The Morgan fingerprint density at radius 2 is 1.42 bits per heavy atom. The summed E-state index contributed by atoms with van der Waals surface area (Å²) >= 11 is 3.30. The summed E-state index contributed by atoms with van der Waals surface area (Å²) < 4.78 is 6.05. The molecular weight excluding hydrogens is 374 g/mol. The Labute approximate surface area is 146 Å². The lowest BCUT2D eigenvalue weighted by Gasteiger charge is -2.08. The minimum atomic E-state index is -0.412. The van der Waals surface area contributed by atoms with Crippen LogP contribution >= 0.6 is 15.9 Å². The van der Waals surface area contributed by atoms with Gasteiger partial charge in [0, 0.05) is 21.2 Å². The van der Waals surface area contributed by atoms with Crippen molar-refractivity contribution >= 4 is 27.7 Å². The fourth-order valence-corrected chi connectivity index (χ4v) is 2.27. The zero-order chi connectivity index (χ0) is 16.9. The molecule has 0 bridgehead atoms. The molecule has 0 radical (unpaired) electrons. The van der Waals surface area contributed by atoms with Crippen LogP contribution in [0.4, 0.5) is 0 Å². The van der Waals surface area contributed by atoms with Gasteiger partial charge in [0.05, 0.1) is 6.20 Å². The van der Waals surface area contributed by atoms with Crippen LogP contribution < -0.4 is 10.9 Å². The maximum atomic E-state index is 12.1. The first-order chi connectivity index (χ1) is 11.6. The molecule has 0 aliphatic heterocycles. The summed E-state index contributed by atoms with van der Waals surface area (Å²) in [5.41, 5.74) is 6.42. The van der Waals surface area contributed by atoms with Crippen molar-refractivity contribution in [2.45, 2.75) is 0 Å². The second kappa shape index (κ2) is 7.10. The molecule has 0 spiro atoms. The van der Waals surface area contributed by atoms with Gasteiger partial charge in [0.2, 0.25) is 0 Å². The predicted molar refractivity (Wildman–Crippen MR) is 91.0 cm³/mol. The summed E-state index contributed by atoms with van der Waals surface area (Å²) in [6.45, 7) is 0. The van der Waals surface area contributed by atoms with Crippen molar-refractivity contribution in [1.29, 1.82) is 0 Å². The van der Waals surface area contributed by atoms with Gasteiger partial charge in [0.1, 0.15) is 0 Å². The maximum Gasteiger partial charge on any atom is 0.269 e. The number of rotatable bonds is 3. The van der Waals surface area contributed by atoms with Crippen LogP contribution in [0, 0.1) is 0 Å². The van der Waals surface area contributed by atoms with E-state index in [4.69, 9.17) is 4.42 Å². The molecule has 0 saturated heterocycles. The first kappa shape index (κ1) is 15.9. The number of nitrogens with zero attached hydrogens (tertiary/aromatic N) is 1. The number of carbonyl (C=O) groups is 2. The number of aromatic nitrogens is 1. The number of halogens is 1. The highest BCUT2D eigenvalue weighted by molar-refractivity contribution is 9.10. The quantitative estimate of drug-likeness (QED) is 0.678. The molecular formula is C17H12BrN3O3. The average molecular weight is 386 g/mol. The second-order valence-corrected chi connectivity index (χ2v) is 5.77. The summed E-state index contributed by atoms with van der Waals surface area (Å²) in [4.78, 5) is 27.8. The van der Waals surface area contributed by atoms with Crippen molar-refractivity contribution < 1.29 is 14.0 Å². The first-order valence-corrected chi connectivity index (χ1v) is 7.78. The van der Waals surface area contributed by atoms with Crippen molar-refractivity contribution in [1.82, 2.24) is 15.8 Å². The second-order valence-electron chi connectivity index (χ2n) is 4.86. The van der Waals surface area contributed by atoms with Gasteiger partial charge in [-0.15, -0.1) is 0 Å². The van der Waals surface area contributed by atoms with E-state index in [1.807, 2.05) is 0 Å². The zero-order valence-corrected chi connectivity index (χ0v) is 13.9. The number of amides is 2. The highest BCUT2D eigenvalue weighted by Crippen LogP contribution is 2.18. The van der Waals surface area contributed by atoms with Crippen LogP contribution in [0.1, 0.15) is 20.7 Å². The van der Waals surface area contributed by atoms with Crippen LogP contribution in [0.25, 0.3) is 11.3 Å². The Hall–Kier alpha value is -2.93. The molecule has 1 aromatic heterocycles. The van der Waals surface area contributed by atoms with Crippen molar-refractivity contribution in [2.24, 2.45) is 0 Å². The zero-order valence-electron chi connectivity index (χ0n) is 12.3. The van der Waals surface area contributed by atoms with Gasteiger partial charge in [0.15, 0.2) is 12.2 Å². The molecule has 120 valence electrons. The van der Waals surface area contributed by atoms with Gasteiger partial charge in [-0.2, -0.15) is 0 Å². The van der Waals surface area contributed by atoms with Crippen LogP contribution in [0.2, 0.25) is 0 Å². The lowest BCUT2D eigenvalue weighted by molar-refractivity contribution is 0.0846. The molecule has 3 aromatic rings. The first-order valence-electron chi connectivity index (χ1n) is 6.98. The summed E-state index contributed by atoms with van der Waals surface area (Å²) in [7, 11) is 0. The normalized spacial score (nSPS) is 10.2. The molecule has 0 unspecified atom stereocenters. The molecule has 0 aliphatic carbocycles. The van der Waals surface area contributed by atoms with E-state index < -0.39 is 11.8 Å². The van der Waals surface area contributed by atoms with Gasteiger partial charge in [-0.25, -0.2) is 4.98 Å². The topological polar surface area (TPSA) is 84.2 Å². The highest BCUT2D eigenvalue weighted by atomic mass is 79.9. The smallest absolute Gasteiger partial charge is 0.269 e. The Kier molecular flexibility index (Phi) is 4.72. The minimum absolute atomic E-state index is 0.394. The molecule has 2 N–H and O–H groups in total. The van der Waals surface area contributed by atoms with Gasteiger partial charge in [-0.3, -0.25) is 20.4 Å². The molecule has 7 heteroatoms. The van der Waals surface area contributed by atoms with E-state index in [0.29, 0.717) is 16.9 Å². The third-order valence-corrected chi connectivity index (χ3v) is 3.79. The predicted octanol–water partition coefficient (Wildman–Crippen LogP) is 3.18. The van der Waals surface area contributed by atoms with Crippen LogP contribution in [0.5, 0.6) is 0 Å². The van der Waals surface area contributed by atoms with E-state index in [1.54, 1.807) is 54.7 Å². The lowest BCUT2D eigenvalue weighted by atomic mass is 10.1. The van der Waals surface area contributed by atoms with E-state index in [-0.39, 0.29) is 0 Å². The minimum Gasteiger partial charge on any atom is -0.444 e. The Morgan fingerprint density at radius 1 is 0.875 bits per heavy atom. The summed E-state index contributed by atoms with van der Waals surface area (Å²) in [6, 6.07) is 13.6. The van der Waals surface area contributed by atoms with Crippen molar-refractivity contribution in [2.75, 3.05) is 0 Å². The monoisotopic (exact) mass is 385 g/mol. The molecule has 0 aliphatic rings. The molecule has 3 rings (SSSR count). The molecule has 2 amide bonds. The number of hydrogen-bond acceptors (Lipinski definition) is 4. The van der Waals surface area contributed by atoms with Crippen LogP contribution in [0.3, 0.4) is 0 Å². The van der Waals surface area contributed by atoms with Crippen molar-refractivity contribution in [3.8, 4) is 11.3 Å². The lowest BCUT2D eigenvalue weighted by Crippen LogP contribution is -2.41. The standard InChI is InChI=1S/C17H12BrN3O3/c18-14-7-5-13(6-8-14)17(23)21-20-16(22)12-3-1-11(2-4-12)15-9-19-10-24-15/h1-10H,(H,20,22)(H,21,23). The summed E-state index contributed by atoms with van der Waals surface area (Å²) in [5.74, 6) is -0.191. The van der Waals surface area contributed by atoms with Crippen molar-refractivity contribution in [3.63, 3.8) is 0 Å². The van der Waals surface area contributed by atoms with E-state index >= 15 is 0 Å². The molecule has 0 atom stereocenters. The molecule has 0 fully saturated rings. The largest absolute Gasteiger partial charge is 0.444 e. The molecule has 24 heavy (non-hydrogen) atoms. The molecule has 2 aromatic carbocycles. The van der Waals surface area contributed by atoms with Crippen LogP contribution in [0.15, 0.2) is 70.0 Å². The maximum absolute atomic E-state index is 12.1. The third-order valence-electron chi connectivity index (χ3n) is 3.26. The van der Waals surface area contributed by atoms with Crippen LogP contribution in [-0.2, 0) is 0 Å². The fourth-order valence-electron chi connectivity index (χ4n) is 2.00. The van der Waals surface area contributed by atoms with Gasteiger partial charge in [-0.1, -0.05) is 28.1 Å². The number of oxazole rings is 1. The number of hydrazine groups is 1. The molecule has 1 heterocycles. The molecule has 0 saturated carbocycles. The Balaban J connectivity index is 1.60. The van der Waals surface area contributed by atoms with E-state index in [9.17, 15) is 9.59 Å². The summed E-state index contributed by atoms with van der Waals surface area (Å²) in [5, 5.41) is 0. The number of nitrogens with one attached hydrogen (secondary N) is 2. The number of benzene rings is 2. The highest BCUT2D eigenvalue weighted by Gasteiger charge is 2.10. The van der Waals surface area contributed by atoms with Crippen molar-refractivity contribution in [3.05, 3.63) is 76.7 Å². The van der Waals surface area contributed by atoms with Gasteiger partial charge < -0.3 is 4.42 Å². The summed E-state index contributed by atoms with van der Waals surface area (Å²) in [6.07, 6.45) is 2.93.